The van der Waals surface area contributed by atoms with Crippen LogP contribution in [-0.4, -0.2) is 53.1 Å². The molecule has 0 bridgehead atoms. The molecule has 1 aromatic rings. The number of cyclic esters (lactones) is 1. The third kappa shape index (κ3) is 4.18. The monoisotopic (exact) mass is 322 g/mol. The number of amides is 2. The van der Waals surface area contributed by atoms with Crippen LogP contribution in [0.3, 0.4) is 0 Å². The van der Waals surface area contributed by atoms with Crippen molar-refractivity contribution < 1.29 is 28.7 Å². The fraction of sp³-hybridized carbons (Fsp3) is 0.467. The first-order valence-electron chi connectivity index (χ1n) is 7.32. The summed E-state index contributed by atoms with van der Waals surface area (Å²) in [4.78, 5) is 48.6. The zero-order chi connectivity index (χ0) is 16.8. The second kappa shape index (κ2) is 7.57. The van der Waals surface area contributed by atoms with Crippen molar-refractivity contribution in [3.63, 3.8) is 0 Å². The number of aromatic nitrogens is 1. The molecule has 2 rings (SSSR count). The van der Waals surface area contributed by atoms with Crippen LogP contribution in [0.1, 0.15) is 24.6 Å². The van der Waals surface area contributed by atoms with E-state index in [9.17, 15) is 19.2 Å². The smallest absolute Gasteiger partial charge is 0.416 e. The van der Waals surface area contributed by atoms with Gasteiger partial charge in [-0.25, -0.2) is 9.69 Å². The van der Waals surface area contributed by atoms with E-state index in [0.29, 0.717) is 0 Å². The van der Waals surface area contributed by atoms with Gasteiger partial charge < -0.3 is 9.47 Å². The summed E-state index contributed by atoms with van der Waals surface area (Å²) in [7, 11) is 0. The maximum absolute atomic E-state index is 12.1. The van der Waals surface area contributed by atoms with E-state index in [2.05, 4.69) is 0 Å². The molecule has 1 atom stereocenters. The molecule has 124 valence electrons. The molecule has 0 aliphatic carbocycles. The molecule has 1 aliphatic heterocycles. The number of imide groups is 1. The van der Waals surface area contributed by atoms with Gasteiger partial charge in [-0.3, -0.25) is 19.0 Å². The largest absolute Gasteiger partial charge is 0.466 e. The van der Waals surface area contributed by atoms with E-state index >= 15 is 0 Å². The first kappa shape index (κ1) is 16.7. The van der Waals surface area contributed by atoms with Crippen molar-refractivity contribution in [2.45, 2.75) is 19.8 Å². The van der Waals surface area contributed by atoms with Crippen molar-refractivity contribution in [1.82, 2.24) is 9.47 Å². The number of carbonyl (C=O) groups excluding carboxylic acids is 4. The lowest BCUT2D eigenvalue weighted by Crippen LogP contribution is -2.35. The van der Waals surface area contributed by atoms with Gasteiger partial charge in [-0.2, -0.15) is 0 Å². The van der Waals surface area contributed by atoms with Crippen LogP contribution < -0.4 is 0 Å². The third-order valence-electron chi connectivity index (χ3n) is 3.42. The summed E-state index contributed by atoms with van der Waals surface area (Å²) in [5, 5.41) is 0. The van der Waals surface area contributed by atoms with Crippen LogP contribution in [0.15, 0.2) is 24.5 Å². The molecule has 2 amide bonds. The van der Waals surface area contributed by atoms with Crippen LogP contribution in [-0.2, 0) is 19.1 Å². The van der Waals surface area contributed by atoms with Crippen molar-refractivity contribution in [3.8, 4) is 0 Å². The quantitative estimate of drug-likeness (QED) is 0.727. The van der Waals surface area contributed by atoms with E-state index in [-0.39, 0.29) is 38.5 Å². The molecule has 0 saturated carbocycles. The lowest BCUT2D eigenvalue weighted by molar-refractivity contribution is -0.150. The molecule has 23 heavy (non-hydrogen) atoms. The number of esters is 1. The average Bonchev–Trinajstić information content (AvgIpc) is 3.17. The predicted octanol–water partition coefficient (Wildman–Crippen LogP) is 1.07. The standard InChI is InChI=1S/C15H18N2O6/c1-2-22-14(20)11(9-12(18)16-5-3-4-6-16)10-13(19)17-7-8-23-15(17)21/h3-6,11H,2,7-10H2,1H3/t11-/m1/s1. The van der Waals surface area contributed by atoms with Crippen LogP contribution in [0.5, 0.6) is 0 Å². The van der Waals surface area contributed by atoms with Crippen LogP contribution in [0.2, 0.25) is 0 Å². The van der Waals surface area contributed by atoms with Gasteiger partial charge in [0.2, 0.25) is 11.8 Å². The first-order chi connectivity index (χ1) is 11.0. The summed E-state index contributed by atoms with van der Waals surface area (Å²) in [5.41, 5.74) is 0. The van der Waals surface area contributed by atoms with E-state index < -0.39 is 23.9 Å². The van der Waals surface area contributed by atoms with E-state index in [1.165, 1.54) is 4.57 Å². The maximum Gasteiger partial charge on any atom is 0.416 e. The van der Waals surface area contributed by atoms with Crippen LogP contribution in [0.25, 0.3) is 0 Å². The fourth-order valence-electron chi connectivity index (χ4n) is 2.26. The minimum Gasteiger partial charge on any atom is -0.466 e. The summed E-state index contributed by atoms with van der Waals surface area (Å²) in [5.74, 6) is -2.45. The van der Waals surface area contributed by atoms with Crippen molar-refractivity contribution >= 4 is 23.9 Å². The fourth-order valence-corrected chi connectivity index (χ4v) is 2.26. The molecular formula is C15H18N2O6. The summed E-state index contributed by atoms with van der Waals surface area (Å²) in [6.45, 7) is 2.07. The molecule has 1 saturated heterocycles. The Morgan fingerprint density at radius 3 is 2.43 bits per heavy atom. The predicted molar refractivity (Wildman–Crippen MR) is 77.5 cm³/mol. The van der Waals surface area contributed by atoms with E-state index in [1.54, 1.807) is 31.5 Å². The van der Waals surface area contributed by atoms with Gasteiger partial charge in [0.15, 0.2) is 0 Å². The van der Waals surface area contributed by atoms with Crippen molar-refractivity contribution in [2.24, 2.45) is 5.92 Å². The Balaban J connectivity index is 2.04. The number of carbonyl (C=O) groups is 4. The highest BCUT2D eigenvalue weighted by atomic mass is 16.6. The zero-order valence-corrected chi connectivity index (χ0v) is 12.8. The molecule has 1 aliphatic rings. The highest BCUT2D eigenvalue weighted by Gasteiger charge is 2.33. The Labute approximate surface area is 132 Å². The van der Waals surface area contributed by atoms with Crippen molar-refractivity contribution in [3.05, 3.63) is 24.5 Å². The molecule has 0 N–H and O–H groups in total. The molecular weight excluding hydrogens is 304 g/mol. The van der Waals surface area contributed by atoms with Gasteiger partial charge in [-0.15, -0.1) is 0 Å². The number of ether oxygens (including phenoxy) is 2. The Morgan fingerprint density at radius 1 is 1.22 bits per heavy atom. The van der Waals surface area contributed by atoms with Gasteiger partial charge in [-0.1, -0.05) is 0 Å². The summed E-state index contributed by atoms with van der Waals surface area (Å²) in [6.07, 6.45) is 1.94. The molecule has 0 radical (unpaired) electrons. The molecule has 8 nitrogen and oxygen atoms in total. The molecule has 2 heterocycles. The maximum atomic E-state index is 12.1. The second-order valence-corrected chi connectivity index (χ2v) is 5.00. The summed E-state index contributed by atoms with van der Waals surface area (Å²) >= 11 is 0. The Morgan fingerprint density at radius 2 is 1.87 bits per heavy atom. The van der Waals surface area contributed by atoms with Gasteiger partial charge >= 0.3 is 12.1 Å². The van der Waals surface area contributed by atoms with Crippen LogP contribution in [0.4, 0.5) is 4.79 Å². The number of hydrogen-bond acceptors (Lipinski definition) is 6. The van der Waals surface area contributed by atoms with Gasteiger partial charge in [0, 0.05) is 25.2 Å². The van der Waals surface area contributed by atoms with E-state index in [0.717, 1.165) is 4.90 Å². The molecule has 0 unspecified atom stereocenters. The Bertz CT molecular complexity index is 595. The molecule has 1 aromatic heterocycles. The minimum absolute atomic E-state index is 0.136. The highest BCUT2D eigenvalue weighted by molar-refractivity contribution is 5.95. The van der Waals surface area contributed by atoms with Gasteiger partial charge in [0.1, 0.15) is 6.61 Å². The SMILES string of the molecule is CCOC(=O)[C@@H](CC(=O)N1CCOC1=O)CC(=O)n1cccc1. The van der Waals surface area contributed by atoms with E-state index in [4.69, 9.17) is 9.47 Å². The normalized spacial score (nSPS) is 15.2. The molecule has 1 fully saturated rings. The number of nitrogens with zero attached hydrogens (tertiary/aromatic N) is 2. The zero-order valence-electron chi connectivity index (χ0n) is 12.8. The first-order valence-corrected chi connectivity index (χ1v) is 7.32. The van der Waals surface area contributed by atoms with Gasteiger partial charge in [-0.05, 0) is 19.1 Å². The number of hydrogen-bond donors (Lipinski definition) is 0. The lowest BCUT2D eigenvalue weighted by Gasteiger charge is -2.17. The molecule has 0 spiro atoms. The van der Waals surface area contributed by atoms with Crippen molar-refractivity contribution in [1.29, 1.82) is 0 Å². The molecule has 8 heteroatoms. The van der Waals surface area contributed by atoms with Crippen molar-refractivity contribution in [2.75, 3.05) is 19.8 Å². The van der Waals surface area contributed by atoms with Crippen LogP contribution in [0, 0.1) is 5.92 Å². The second-order valence-electron chi connectivity index (χ2n) is 5.00. The molecule has 0 aromatic carbocycles. The average molecular weight is 322 g/mol. The minimum atomic E-state index is -0.939. The van der Waals surface area contributed by atoms with Crippen LogP contribution >= 0.6 is 0 Å². The Kier molecular flexibility index (Phi) is 5.51. The lowest BCUT2D eigenvalue weighted by atomic mass is 10.00. The topological polar surface area (TPSA) is 94.9 Å². The van der Waals surface area contributed by atoms with E-state index in [1.807, 2.05) is 0 Å². The summed E-state index contributed by atoms with van der Waals surface area (Å²) < 4.78 is 11.0. The Hall–Kier alpha value is -2.64. The van der Waals surface area contributed by atoms with Gasteiger partial charge in [0.25, 0.3) is 0 Å². The summed E-state index contributed by atoms with van der Waals surface area (Å²) in [6, 6.07) is 3.37. The third-order valence-corrected chi connectivity index (χ3v) is 3.42. The van der Waals surface area contributed by atoms with Gasteiger partial charge in [0.05, 0.1) is 19.1 Å². The number of rotatable bonds is 6. The highest BCUT2D eigenvalue weighted by Crippen LogP contribution is 2.17.